The number of hydrogen-bond acceptors (Lipinski definition) is 2. The van der Waals surface area contributed by atoms with Crippen LogP contribution in [0.4, 0.5) is 0 Å². The van der Waals surface area contributed by atoms with Gasteiger partial charge in [-0.25, -0.2) is 0 Å². The van der Waals surface area contributed by atoms with Gasteiger partial charge in [0.15, 0.2) is 0 Å². The van der Waals surface area contributed by atoms with Crippen molar-refractivity contribution in [2.24, 2.45) is 0 Å². The summed E-state index contributed by atoms with van der Waals surface area (Å²) >= 11 is 6.21. The highest BCUT2D eigenvalue weighted by Gasteiger charge is 2.19. The SMILES string of the molecule is CCCNC(c1cc(Cl)ccc1C)c1ccnn1CCC. The Bertz CT molecular complexity index is 577. The Morgan fingerprint density at radius 1 is 1.24 bits per heavy atom. The maximum atomic E-state index is 6.21. The molecule has 0 aliphatic carbocycles. The second-order valence-electron chi connectivity index (χ2n) is 5.37. The van der Waals surface area contributed by atoms with Gasteiger partial charge in [0.1, 0.15) is 0 Å². The summed E-state index contributed by atoms with van der Waals surface area (Å²) in [5.41, 5.74) is 3.68. The quantitative estimate of drug-likeness (QED) is 0.824. The zero-order chi connectivity index (χ0) is 15.2. The predicted octanol–water partition coefficient (Wildman–Crippen LogP) is 4.34. The van der Waals surface area contributed by atoms with E-state index < -0.39 is 0 Å². The summed E-state index contributed by atoms with van der Waals surface area (Å²) in [7, 11) is 0. The number of nitrogens with zero attached hydrogens (tertiary/aromatic N) is 2. The van der Waals surface area contributed by atoms with Crippen molar-refractivity contribution in [3.8, 4) is 0 Å². The third-order valence-corrected chi connectivity index (χ3v) is 3.87. The minimum atomic E-state index is 0.137. The first-order chi connectivity index (χ1) is 10.2. The largest absolute Gasteiger partial charge is 0.305 e. The molecule has 1 unspecified atom stereocenters. The number of nitrogens with one attached hydrogen (secondary N) is 1. The Labute approximate surface area is 132 Å². The normalized spacial score (nSPS) is 12.6. The van der Waals surface area contributed by atoms with E-state index in [0.29, 0.717) is 0 Å². The third-order valence-electron chi connectivity index (χ3n) is 3.63. The Morgan fingerprint density at radius 3 is 2.76 bits per heavy atom. The van der Waals surface area contributed by atoms with Crippen molar-refractivity contribution in [3.63, 3.8) is 0 Å². The van der Waals surface area contributed by atoms with Crippen molar-refractivity contribution in [1.82, 2.24) is 15.1 Å². The minimum Gasteiger partial charge on any atom is -0.305 e. The predicted molar refractivity (Wildman–Crippen MR) is 88.8 cm³/mol. The molecule has 3 nitrogen and oxygen atoms in total. The van der Waals surface area contributed by atoms with E-state index in [2.05, 4.69) is 54.1 Å². The summed E-state index contributed by atoms with van der Waals surface area (Å²) in [6.45, 7) is 8.38. The summed E-state index contributed by atoms with van der Waals surface area (Å²) < 4.78 is 2.09. The lowest BCUT2D eigenvalue weighted by molar-refractivity contribution is 0.510. The van der Waals surface area contributed by atoms with Crippen LogP contribution in [0.3, 0.4) is 0 Å². The van der Waals surface area contributed by atoms with E-state index >= 15 is 0 Å². The second kappa shape index (κ2) is 7.62. The van der Waals surface area contributed by atoms with Gasteiger partial charge in [-0.1, -0.05) is 31.5 Å². The molecule has 1 heterocycles. The van der Waals surface area contributed by atoms with Crippen molar-refractivity contribution in [2.45, 2.75) is 46.2 Å². The molecule has 114 valence electrons. The van der Waals surface area contributed by atoms with Crippen LogP contribution in [0.15, 0.2) is 30.5 Å². The molecule has 1 aromatic heterocycles. The van der Waals surface area contributed by atoms with Crippen molar-refractivity contribution < 1.29 is 0 Å². The molecule has 2 aromatic rings. The highest BCUT2D eigenvalue weighted by molar-refractivity contribution is 6.30. The Kier molecular flexibility index (Phi) is 5.83. The van der Waals surface area contributed by atoms with Gasteiger partial charge in [0.25, 0.3) is 0 Å². The van der Waals surface area contributed by atoms with Crippen LogP contribution in [0, 0.1) is 6.92 Å². The van der Waals surface area contributed by atoms with Crippen LogP contribution in [0.2, 0.25) is 5.02 Å². The number of rotatable bonds is 7. The molecule has 1 atom stereocenters. The van der Waals surface area contributed by atoms with Crippen LogP contribution in [0.1, 0.15) is 49.6 Å². The standard InChI is InChI=1S/C17H24ClN3/c1-4-9-19-17(15-12-14(18)7-6-13(15)3)16-8-10-20-21(16)11-5-2/h6-8,10,12,17,19H,4-5,9,11H2,1-3H3. The van der Waals surface area contributed by atoms with Gasteiger partial charge in [-0.15, -0.1) is 0 Å². The molecule has 1 N–H and O–H groups in total. The van der Waals surface area contributed by atoms with E-state index in [-0.39, 0.29) is 6.04 Å². The lowest BCUT2D eigenvalue weighted by Crippen LogP contribution is -2.26. The number of benzene rings is 1. The number of hydrogen-bond donors (Lipinski definition) is 1. The molecule has 4 heteroatoms. The molecular weight excluding hydrogens is 282 g/mol. The summed E-state index contributed by atoms with van der Waals surface area (Å²) in [6, 6.07) is 8.33. The van der Waals surface area contributed by atoms with Gasteiger partial charge in [0.05, 0.1) is 11.7 Å². The fourth-order valence-corrected chi connectivity index (χ4v) is 2.75. The molecule has 0 saturated heterocycles. The van der Waals surface area contributed by atoms with E-state index in [9.17, 15) is 0 Å². The van der Waals surface area contributed by atoms with Gasteiger partial charge in [-0.05, 0) is 55.6 Å². The first kappa shape index (κ1) is 16.1. The van der Waals surface area contributed by atoms with E-state index in [4.69, 9.17) is 11.6 Å². The molecule has 0 aliphatic heterocycles. The molecule has 21 heavy (non-hydrogen) atoms. The average molecular weight is 306 g/mol. The molecule has 0 saturated carbocycles. The number of aromatic nitrogens is 2. The molecule has 2 rings (SSSR count). The van der Waals surface area contributed by atoms with Gasteiger partial charge in [-0.2, -0.15) is 5.10 Å². The lowest BCUT2D eigenvalue weighted by Gasteiger charge is -2.22. The van der Waals surface area contributed by atoms with Gasteiger partial charge in [0, 0.05) is 17.8 Å². The third kappa shape index (κ3) is 3.86. The zero-order valence-corrected chi connectivity index (χ0v) is 13.8. The fraction of sp³-hybridized carbons (Fsp3) is 0.471. The summed E-state index contributed by atoms with van der Waals surface area (Å²) in [6.07, 6.45) is 4.05. The van der Waals surface area contributed by atoms with Gasteiger partial charge >= 0.3 is 0 Å². The van der Waals surface area contributed by atoms with Crippen LogP contribution < -0.4 is 5.32 Å². The van der Waals surface area contributed by atoms with Crippen LogP contribution in [-0.2, 0) is 6.54 Å². The zero-order valence-electron chi connectivity index (χ0n) is 13.1. The average Bonchev–Trinajstić information content (AvgIpc) is 2.92. The maximum Gasteiger partial charge on any atom is 0.0751 e. The molecule has 0 fully saturated rings. The summed E-state index contributed by atoms with van der Waals surface area (Å²) in [4.78, 5) is 0. The Morgan fingerprint density at radius 2 is 2.05 bits per heavy atom. The Hall–Kier alpha value is -1.32. The van der Waals surface area contributed by atoms with E-state index in [1.165, 1.54) is 16.8 Å². The monoisotopic (exact) mass is 305 g/mol. The fourth-order valence-electron chi connectivity index (χ4n) is 2.57. The minimum absolute atomic E-state index is 0.137. The van der Waals surface area contributed by atoms with Gasteiger partial charge in [0.2, 0.25) is 0 Å². The Balaban J connectivity index is 2.42. The van der Waals surface area contributed by atoms with E-state index in [0.717, 1.165) is 31.0 Å². The van der Waals surface area contributed by atoms with Gasteiger partial charge in [-0.3, -0.25) is 4.68 Å². The van der Waals surface area contributed by atoms with Crippen molar-refractivity contribution in [1.29, 1.82) is 0 Å². The van der Waals surface area contributed by atoms with Crippen molar-refractivity contribution in [3.05, 3.63) is 52.3 Å². The molecule has 0 bridgehead atoms. The van der Waals surface area contributed by atoms with E-state index in [1.807, 2.05) is 12.3 Å². The van der Waals surface area contributed by atoms with Crippen LogP contribution in [0.5, 0.6) is 0 Å². The van der Waals surface area contributed by atoms with Crippen LogP contribution in [0.25, 0.3) is 0 Å². The highest BCUT2D eigenvalue weighted by Crippen LogP contribution is 2.27. The smallest absolute Gasteiger partial charge is 0.0751 e. The molecule has 0 amide bonds. The summed E-state index contributed by atoms with van der Waals surface area (Å²) in [5, 5.41) is 8.87. The molecule has 0 radical (unpaired) electrons. The topological polar surface area (TPSA) is 29.9 Å². The highest BCUT2D eigenvalue weighted by atomic mass is 35.5. The van der Waals surface area contributed by atoms with Gasteiger partial charge < -0.3 is 5.32 Å². The molecule has 1 aromatic carbocycles. The second-order valence-corrected chi connectivity index (χ2v) is 5.80. The molecular formula is C17H24ClN3. The van der Waals surface area contributed by atoms with Crippen molar-refractivity contribution >= 4 is 11.6 Å². The molecule has 0 spiro atoms. The van der Waals surface area contributed by atoms with Crippen LogP contribution >= 0.6 is 11.6 Å². The van der Waals surface area contributed by atoms with Crippen molar-refractivity contribution in [2.75, 3.05) is 6.54 Å². The number of aryl methyl sites for hydroxylation is 2. The first-order valence-electron chi connectivity index (χ1n) is 7.68. The number of halogens is 1. The summed E-state index contributed by atoms with van der Waals surface area (Å²) in [5.74, 6) is 0. The molecule has 0 aliphatic rings. The maximum absolute atomic E-state index is 6.21. The van der Waals surface area contributed by atoms with Crippen LogP contribution in [-0.4, -0.2) is 16.3 Å². The lowest BCUT2D eigenvalue weighted by atomic mass is 9.98. The first-order valence-corrected chi connectivity index (χ1v) is 8.06. The van der Waals surface area contributed by atoms with E-state index in [1.54, 1.807) is 0 Å².